The summed E-state index contributed by atoms with van der Waals surface area (Å²) in [5, 5.41) is 3.19. The van der Waals surface area contributed by atoms with E-state index in [1.807, 2.05) is 6.92 Å². The largest absolute Gasteiger partial charge is 0.464 e. The lowest BCUT2D eigenvalue weighted by Gasteiger charge is -2.39. The second kappa shape index (κ2) is 6.89. The SMILES string of the molecule is CCOC(=O)C1(Nc2cccc(F)c2)CCOC(CC)C1. The van der Waals surface area contributed by atoms with E-state index in [2.05, 4.69) is 5.32 Å². The molecule has 4 nitrogen and oxygen atoms in total. The zero-order valence-corrected chi connectivity index (χ0v) is 12.5. The molecule has 21 heavy (non-hydrogen) atoms. The monoisotopic (exact) mass is 295 g/mol. The van der Waals surface area contributed by atoms with Gasteiger partial charge in [-0.3, -0.25) is 0 Å². The molecule has 1 saturated heterocycles. The van der Waals surface area contributed by atoms with Gasteiger partial charge in [0, 0.05) is 25.1 Å². The van der Waals surface area contributed by atoms with Crippen molar-refractivity contribution in [3.05, 3.63) is 30.1 Å². The van der Waals surface area contributed by atoms with Crippen LogP contribution in [0.2, 0.25) is 0 Å². The van der Waals surface area contributed by atoms with Crippen LogP contribution in [0.5, 0.6) is 0 Å². The summed E-state index contributed by atoms with van der Waals surface area (Å²) in [6, 6.07) is 6.13. The molecule has 0 aromatic heterocycles. The van der Waals surface area contributed by atoms with Gasteiger partial charge in [0.25, 0.3) is 0 Å². The number of hydrogen-bond acceptors (Lipinski definition) is 4. The van der Waals surface area contributed by atoms with Crippen LogP contribution in [0.1, 0.15) is 33.1 Å². The van der Waals surface area contributed by atoms with E-state index in [4.69, 9.17) is 9.47 Å². The summed E-state index contributed by atoms with van der Waals surface area (Å²) >= 11 is 0. The maximum atomic E-state index is 13.4. The van der Waals surface area contributed by atoms with Gasteiger partial charge in [0.2, 0.25) is 0 Å². The first kappa shape index (κ1) is 15.8. The van der Waals surface area contributed by atoms with E-state index in [0.717, 1.165) is 6.42 Å². The minimum atomic E-state index is -0.845. The van der Waals surface area contributed by atoms with E-state index in [1.54, 1.807) is 19.1 Å². The van der Waals surface area contributed by atoms with Crippen molar-refractivity contribution in [2.45, 2.75) is 44.8 Å². The Bertz CT molecular complexity index is 494. The molecule has 2 atom stereocenters. The Hall–Kier alpha value is -1.62. The van der Waals surface area contributed by atoms with Crippen LogP contribution in [0, 0.1) is 5.82 Å². The third kappa shape index (κ3) is 3.73. The summed E-state index contributed by atoms with van der Waals surface area (Å²) in [6.07, 6.45) is 1.87. The Labute approximate surface area is 124 Å². The Morgan fingerprint density at radius 1 is 1.52 bits per heavy atom. The number of carbonyl (C=O) groups excluding carboxylic acids is 1. The lowest BCUT2D eigenvalue weighted by molar-refractivity contribution is -0.154. The first-order valence-corrected chi connectivity index (χ1v) is 7.42. The molecule has 116 valence electrons. The van der Waals surface area contributed by atoms with Gasteiger partial charge in [-0.15, -0.1) is 0 Å². The molecule has 0 aliphatic carbocycles. The van der Waals surface area contributed by atoms with Gasteiger partial charge in [-0.25, -0.2) is 9.18 Å². The predicted octanol–water partition coefficient (Wildman–Crippen LogP) is 3.13. The number of carbonyl (C=O) groups is 1. The molecule has 2 unspecified atom stereocenters. The minimum Gasteiger partial charge on any atom is -0.464 e. The molecule has 1 aromatic carbocycles. The number of esters is 1. The van der Waals surface area contributed by atoms with E-state index in [1.165, 1.54) is 12.1 Å². The first-order chi connectivity index (χ1) is 10.1. The van der Waals surface area contributed by atoms with Gasteiger partial charge >= 0.3 is 5.97 Å². The molecule has 0 radical (unpaired) electrons. The van der Waals surface area contributed by atoms with Crippen molar-refractivity contribution in [1.82, 2.24) is 0 Å². The summed E-state index contributed by atoms with van der Waals surface area (Å²) in [5.41, 5.74) is -0.261. The predicted molar refractivity (Wildman–Crippen MR) is 78.7 cm³/mol. The van der Waals surface area contributed by atoms with Gasteiger partial charge in [0.1, 0.15) is 11.4 Å². The summed E-state index contributed by atoms with van der Waals surface area (Å²) < 4.78 is 24.2. The van der Waals surface area contributed by atoms with Gasteiger partial charge in [-0.05, 0) is 31.5 Å². The standard InChI is InChI=1S/C16H22FNO3/c1-3-14-11-16(8-9-21-14,15(19)20-4-2)18-13-7-5-6-12(17)10-13/h5-7,10,14,18H,3-4,8-9,11H2,1-2H3. The smallest absolute Gasteiger partial charge is 0.331 e. The molecule has 1 fully saturated rings. The number of anilines is 1. The number of benzene rings is 1. The van der Waals surface area contributed by atoms with E-state index in [-0.39, 0.29) is 17.9 Å². The Balaban J connectivity index is 2.25. The maximum Gasteiger partial charge on any atom is 0.331 e. The van der Waals surface area contributed by atoms with Crippen molar-refractivity contribution in [2.24, 2.45) is 0 Å². The molecular formula is C16H22FNO3. The fourth-order valence-electron chi connectivity index (χ4n) is 2.67. The quantitative estimate of drug-likeness (QED) is 0.848. The van der Waals surface area contributed by atoms with Gasteiger partial charge in [0.05, 0.1) is 12.7 Å². The van der Waals surface area contributed by atoms with E-state index < -0.39 is 5.54 Å². The maximum absolute atomic E-state index is 13.4. The fraction of sp³-hybridized carbons (Fsp3) is 0.562. The number of halogens is 1. The molecule has 0 amide bonds. The number of rotatable bonds is 5. The van der Waals surface area contributed by atoms with Gasteiger partial charge in [0.15, 0.2) is 0 Å². The molecular weight excluding hydrogens is 273 g/mol. The van der Waals surface area contributed by atoms with Crippen LogP contribution < -0.4 is 5.32 Å². The highest BCUT2D eigenvalue weighted by molar-refractivity contribution is 5.84. The molecule has 1 aliphatic rings. The summed E-state index contributed by atoms with van der Waals surface area (Å²) in [4.78, 5) is 12.4. The summed E-state index contributed by atoms with van der Waals surface area (Å²) in [7, 11) is 0. The van der Waals surface area contributed by atoms with Crippen molar-refractivity contribution >= 4 is 11.7 Å². The highest BCUT2D eigenvalue weighted by atomic mass is 19.1. The number of ether oxygens (including phenoxy) is 2. The molecule has 5 heteroatoms. The molecule has 0 bridgehead atoms. The van der Waals surface area contributed by atoms with Crippen molar-refractivity contribution in [1.29, 1.82) is 0 Å². The van der Waals surface area contributed by atoms with Crippen molar-refractivity contribution in [3.63, 3.8) is 0 Å². The second-order valence-corrected chi connectivity index (χ2v) is 5.29. The van der Waals surface area contributed by atoms with Crippen LogP contribution in [0.25, 0.3) is 0 Å². The zero-order valence-electron chi connectivity index (χ0n) is 12.5. The van der Waals surface area contributed by atoms with Crippen LogP contribution in [-0.4, -0.2) is 30.8 Å². The lowest BCUT2D eigenvalue weighted by atomic mass is 9.85. The van der Waals surface area contributed by atoms with Gasteiger partial charge in [-0.1, -0.05) is 13.0 Å². The molecule has 1 N–H and O–H groups in total. The van der Waals surface area contributed by atoms with E-state index >= 15 is 0 Å². The Kier molecular flexibility index (Phi) is 5.17. The van der Waals surface area contributed by atoms with Crippen LogP contribution in [0.4, 0.5) is 10.1 Å². The van der Waals surface area contributed by atoms with Crippen LogP contribution in [-0.2, 0) is 14.3 Å². The molecule has 0 saturated carbocycles. The average molecular weight is 295 g/mol. The molecule has 2 rings (SSSR count). The lowest BCUT2D eigenvalue weighted by Crippen LogP contribution is -2.53. The second-order valence-electron chi connectivity index (χ2n) is 5.29. The topological polar surface area (TPSA) is 47.6 Å². The number of hydrogen-bond donors (Lipinski definition) is 1. The fourth-order valence-corrected chi connectivity index (χ4v) is 2.67. The van der Waals surface area contributed by atoms with Crippen LogP contribution in [0.3, 0.4) is 0 Å². The third-order valence-corrected chi connectivity index (χ3v) is 3.79. The Morgan fingerprint density at radius 2 is 2.33 bits per heavy atom. The summed E-state index contributed by atoms with van der Waals surface area (Å²) in [6.45, 7) is 4.61. The van der Waals surface area contributed by atoms with Crippen molar-refractivity contribution in [3.8, 4) is 0 Å². The highest BCUT2D eigenvalue weighted by Crippen LogP contribution is 2.31. The number of nitrogens with one attached hydrogen (secondary N) is 1. The first-order valence-electron chi connectivity index (χ1n) is 7.42. The molecule has 1 aliphatic heterocycles. The average Bonchev–Trinajstić information content (AvgIpc) is 2.47. The van der Waals surface area contributed by atoms with E-state index in [0.29, 0.717) is 31.7 Å². The zero-order chi connectivity index (χ0) is 15.3. The third-order valence-electron chi connectivity index (χ3n) is 3.79. The molecule has 1 heterocycles. The van der Waals surface area contributed by atoms with Crippen molar-refractivity contribution < 1.29 is 18.7 Å². The van der Waals surface area contributed by atoms with Gasteiger partial charge in [-0.2, -0.15) is 0 Å². The van der Waals surface area contributed by atoms with Crippen LogP contribution in [0.15, 0.2) is 24.3 Å². The van der Waals surface area contributed by atoms with Crippen molar-refractivity contribution in [2.75, 3.05) is 18.5 Å². The molecule has 1 aromatic rings. The van der Waals surface area contributed by atoms with Crippen LogP contribution >= 0.6 is 0 Å². The highest BCUT2D eigenvalue weighted by Gasteiger charge is 2.44. The Morgan fingerprint density at radius 3 is 3.00 bits per heavy atom. The van der Waals surface area contributed by atoms with Gasteiger partial charge < -0.3 is 14.8 Å². The van der Waals surface area contributed by atoms with E-state index in [9.17, 15) is 9.18 Å². The normalized spacial score (nSPS) is 25.4. The molecule has 0 spiro atoms. The minimum absolute atomic E-state index is 0.00390. The summed E-state index contributed by atoms with van der Waals surface area (Å²) in [5.74, 6) is -0.630.